The quantitative estimate of drug-likeness (QED) is 0.0189. The fourth-order valence-electron chi connectivity index (χ4n) is 9.55. The molecule has 0 bridgehead atoms. The number of hydrogen-bond donors (Lipinski definition) is 5. The first kappa shape index (κ1) is 105. The average Bonchev–Trinajstić information content (AvgIpc) is 1.39. The number of nitrogens with zero attached hydrogens (tertiary/aromatic N) is 8. The van der Waals surface area contributed by atoms with Gasteiger partial charge in [0.25, 0.3) is 5.88 Å². The third-order valence-electron chi connectivity index (χ3n) is 15.4. The molecule has 5 saturated heterocycles. The van der Waals surface area contributed by atoms with Crippen LogP contribution in [0.2, 0.25) is 10.4 Å². The Balaban J connectivity index is 0. The molecular formula is C80H98Br2Cl2FeMg2N13O14-. The van der Waals surface area contributed by atoms with Crippen LogP contribution in [0.15, 0.2) is 159 Å². The normalized spacial score (nSPS) is 13.7. The summed E-state index contributed by atoms with van der Waals surface area (Å²) in [5.74, 6) is 3.33. The van der Waals surface area contributed by atoms with E-state index in [1.54, 1.807) is 61.2 Å². The number of nitrogens with one attached hydrogen (secondary N) is 3. The van der Waals surface area contributed by atoms with E-state index in [1.807, 2.05) is 84.9 Å². The van der Waals surface area contributed by atoms with Crippen molar-refractivity contribution >= 4 is 166 Å². The number of Topliss-reactive ketones (excluding diaryl/α,β-unsaturated/α-hetero) is 4. The third kappa shape index (κ3) is 43.4. The van der Waals surface area contributed by atoms with Crippen molar-refractivity contribution < 1.29 is 104 Å². The Morgan fingerprint density at radius 1 is 0.526 bits per heavy atom. The zero-order valence-electron chi connectivity index (χ0n) is 66.8. The number of carbonyl (C=O) groups is 5. The molecule has 10 heterocycles. The molecule has 608 valence electrons. The SMILES string of the molecule is BrC1CCOCC1.C1CCOC1.CC(=O)C(C)=O.CC(=O)C(C)=O.CC=O.C[C-]=O.Clc1nc2ccccc2[nH]1.Nc1ccc(Oc2nccnc2C2CCOCC2)cc1.Nc1ccc(Oc2nccnc2Cl)cc1.[Br-].[CH-]1CCOCC1.[Fe].[H-].[H-].[Mg+2].[Mg+2].c1ccc2[nH]c(Nc3ccc(Oc4nccnc4C4CCOCC4)cc3)nc2c1. The van der Waals surface area contributed by atoms with Gasteiger partial charge in [-0.1, -0.05) is 51.8 Å². The van der Waals surface area contributed by atoms with E-state index in [0.717, 1.165) is 155 Å². The molecule has 5 aliphatic rings. The summed E-state index contributed by atoms with van der Waals surface area (Å²) in [6.45, 7) is 16.6. The van der Waals surface area contributed by atoms with Crippen LogP contribution in [0.1, 0.15) is 132 Å². The monoisotopic (exact) mass is 1800 g/mol. The number of H-pyrrole nitrogens is 2. The molecule has 0 atom stereocenters. The van der Waals surface area contributed by atoms with Crippen LogP contribution in [0.3, 0.4) is 0 Å². The first-order chi connectivity index (χ1) is 53.3. The number of fused-ring (bicyclic) bond motifs is 2. The number of ketones is 4. The van der Waals surface area contributed by atoms with Crippen molar-refractivity contribution in [1.29, 1.82) is 0 Å². The van der Waals surface area contributed by atoms with Gasteiger partial charge in [0.05, 0.1) is 22.1 Å². The second-order valence-corrected chi connectivity index (χ2v) is 25.9. The van der Waals surface area contributed by atoms with E-state index < -0.39 is 0 Å². The van der Waals surface area contributed by atoms with Crippen molar-refractivity contribution in [3.05, 3.63) is 187 Å². The van der Waals surface area contributed by atoms with Crippen LogP contribution in [-0.4, -0.2) is 203 Å². The molecule has 0 amide bonds. The summed E-state index contributed by atoms with van der Waals surface area (Å²) >= 11 is 14.9. The van der Waals surface area contributed by atoms with E-state index in [2.05, 4.69) is 77.5 Å². The number of anilines is 4. The van der Waals surface area contributed by atoms with Crippen LogP contribution in [0, 0.1) is 6.42 Å². The van der Waals surface area contributed by atoms with E-state index in [4.69, 9.17) is 82.2 Å². The molecule has 5 aliphatic heterocycles. The Morgan fingerprint density at radius 2 is 0.868 bits per heavy atom. The fraction of sp³-hybridized carbons (Fsp3) is 0.362. The van der Waals surface area contributed by atoms with Crippen LogP contribution in [-0.2, 0) is 69.5 Å². The Morgan fingerprint density at radius 3 is 1.21 bits per heavy atom. The van der Waals surface area contributed by atoms with Gasteiger partial charge < -0.3 is 100 Å². The van der Waals surface area contributed by atoms with E-state index in [1.165, 1.54) is 85.9 Å². The van der Waals surface area contributed by atoms with Crippen molar-refractivity contribution in [1.82, 2.24) is 49.8 Å². The topological polar surface area (TPSA) is 375 Å². The summed E-state index contributed by atoms with van der Waals surface area (Å²) in [5, 5.41) is 3.96. The molecule has 7 N–H and O–H groups in total. The van der Waals surface area contributed by atoms with Crippen molar-refractivity contribution in [2.45, 2.75) is 122 Å². The maximum Gasteiger partial charge on any atom is 2.00 e. The minimum absolute atomic E-state index is 0. The number of halogens is 4. The summed E-state index contributed by atoms with van der Waals surface area (Å²) in [6.07, 6.45) is 25.3. The molecule has 0 saturated carbocycles. The fourth-order valence-corrected chi connectivity index (χ4v) is 10.3. The number of para-hydroxylation sites is 4. The number of aromatic amines is 2. The molecule has 114 heavy (non-hydrogen) atoms. The standard InChI is InChI=1S/C22H21N5O2.C15H17N3O2.C10H8ClN3O.C7H5ClN2.C5H9BrO.C5H9O.2C4H6O2.C4H8O.C2H4O.C2H3O.BrH.Fe.2Mg.2H/c1-2-4-19-18(3-1)26-22(27-19)25-16-5-7-17(8-6-16)29-21-20(23-11-12-24-21)15-9-13-28-14-10-15;16-12-1-3-13(4-2-12)20-15-14(17-7-8-18-15)11-5-9-19-10-6-11;11-9-10(14-6-5-13-9)15-8-3-1-7(12)2-4-8;8-7-9-5-3-1-2-4-6(5)10-7;6-5-1-3-7-4-2-5;1-2-4-6-5-3-1;2*1-3(5)4(2)6;1-2-4-5-3-1;2*1-2-3;;;;;;/h1-8,11-12,15H,9-10,13-14H2,(H2,25,26,27);1-4,7-8,11H,5-6,9-10,16H2;1-6H,12H2;1-4H,(H,9,10);5H,1-4H2;1H,2-5H2;2*1-2H3;1-4H2;2H,1H3;1H3;1H;;;;;/q;;;;;-1;;;;;-1;;;2*+2;2*-1/p-1. The number of benzene rings is 5. The molecule has 0 aliphatic carbocycles. The number of aldehydes is 1. The number of hydrogen-bond acceptors (Lipinski definition) is 25. The van der Waals surface area contributed by atoms with Gasteiger partial charge in [0, 0.05) is 182 Å². The van der Waals surface area contributed by atoms with Gasteiger partial charge in [-0.25, -0.2) is 29.9 Å². The van der Waals surface area contributed by atoms with E-state index in [0.29, 0.717) is 63.5 Å². The second-order valence-electron chi connectivity index (χ2n) is 23.9. The van der Waals surface area contributed by atoms with Crippen molar-refractivity contribution in [2.24, 2.45) is 0 Å². The van der Waals surface area contributed by atoms with Gasteiger partial charge in [0.1, 0.15) is 34.9 Å². The molecule has 0 unspecified atom stereocenters. The summed E-state index contributed by atoms with van der Waals surface area (Å²) in [7, 11) is 0. The first-order valence-electron chi connectivity index (χ1n) is 35.6. The molecule has 34 heteroatoms. The van der Waals surface area contributed by atoms with Crippen molar-refractivity contribution in [3.8, 4) is 34.9 Å². The van der Waals surface area contributed by atoms with Gasteiger partial charge in [0.2, 0.25) is 23.0 Å². The molecule has 27 nitrogen and oxygen atoms in total. The van der Waals surface area contributed by atoms with Crippen LogP contribution in [0.4, 0.5) is 23.0 Å². The molecule has 15 rings (SSSR count). The number of carbonyl (C=O) groups excluding carboxylic acids is 6. The Hall–Kier alpha value is -7.51. The average molecular weight is 1800 g/mol. The van der Waals surface area contributed by atoms with Crippen LogP contribution in [0.5, 0.6) is 34.9 Å². The van der Waals surface area contributed by atoms with Crippen LogP contribution < -0.4 is 48.0 Å². The van der Waals surface area contributed by atoms with Gasteiger partial charge >= 0.3 is 46.1 Å². The van der Waals surface area contributed by atoms with Crippen molar-refractivity contribution in [3.63, 3.8) is 0 Å². The second kappa shape index (κ2) is 62.7. The predicted octanol–water partition coefficient (Wildman–Crippen LogP) is 12.7. The number of rotatable bonds is 12. The maximum atomic E-state index is 9.79. The predicted molar refractivity (Wildman–Crippen MR) is 442 cm³/mol. The molecule has 0 radical (unpaired) electrons. The largest absolute Gasteiger partial charge is 2.00 e. The molecule has 5 aromatic heterocycles. The molecule has 10 aromatic rings. The van der Waals surface area contributed by atoms with Gasteiger partial charge in [-0.15, -0.1) is 0 Å². The first-order valence-corrected chi connectivity index (χ1v) is 37.3. The number of alkyl halides is 1. The summed E-state index contributed by atoms with van der Waals surface area (Å²) in [5.41, 5.74) is 19.1. The van der Waals surface area contributed by atoms with E-state index >= 15 is 0 Å². The minimum atomic E-state index is -0.380. The summed E-state index contributed by atoms with van der Waals surface area (Å²) < 4.78 is 43.2. The molecule has 0 spiro atoms. The van der Waals surface area contributed by atoms with Crippen LogP contribution >= 0.6 is 39.1 Å². The Bertz CT molecular complexity index is 4180. The Kier molecular flexibility index (Phi) is 57.5. The zero-order chi connectivity index (χ0) is 79.5. The number of nitrogen functional groups attached to an aromatic ring is 2. The number of ether oxygens (including phenoxy) is 8. The summed E-state index contributed by atoms with van der Waals surface area (Å²) in [4.78, 5) is 97.6. The van der Waals surface area contributed by atoms with E-state index in [-0.39, 0.29) is 117 Å². The molecule has 5 aromatic carbocycles. The van der Waals surface area contributed by atoms with Crippen molar-refractivity contribution in [2.75, 3.05) is 82.9 Å². The maximum absolute atomic E-state index is 9.79. The van der Waals surface area contributed by atoms with Gasteiger partial charge in [-0.3, -0.25) is 35.4 Å². The molecule has 5 fully saturated rings. The number of imidazole rings is 2. The van der Waals surface area contributed by atoms with E-state index in [9.17, 15) is 19.2 Å². The smallest absolute Gasteiger partial charge is 1.00 e. The minimum Gasteiger partial charge on any atom is -1.00 e. The molecular weight excluding hydrogens is 1700 g/mol. The summed E-state index contributed by atoms with van der Waals surface area (Å²) in [6, 6.07) is 37.6. The van der Waals surface area contributed by atoms with Gasteiger partial charge in [0.15, 0.2) is 28.3 Å². The van der Waals surface area contributed by atoms with Gasteiger partial charge in [-0.05, 0) is 167 Å². The number of nitrogens with two attached hydrogens (primary N) is 2. The zero-order valence-corrected chi connectivity index (χ0v) is 73.4. The van der Waals surface area contributed by atoms with Crippen LogP contribution in [0.25, 0.3) is 22.1 Å². The third-order valence-corrected chi connectivity index (χ3v) is 16.7. The Labute approximate surface area is 740 Å². The van der Waals surface area contributed by atoms with Gasteiger partial charge in [-0.2, -0.15) is 19.8 Å². The number of aromatic nitrogens is 10.